The third kappa shape index (κ3) is 2.68. The van der Waals surface area contributed by atoms with Gasteiger partial charge in [-0.3, -0.25) is 4.79 Å². The number of aryl methyl sites for hydroxylation is 1. The smallest absolute Gasteiger partial charge is 0.259 e. The van der Waals surface area contributed by atoms with Crippen LogP contribution in [0.25, 0.3) is 0 Å². The predicted octanol–water partition coefficient (Wildman–Crippen LogP) is 2.67. The number of carbonyl (C=O) groups excluding carboxylic acids is 1. The van der Waals surface area contributed by atoms with E-state index in [0.717, 1.165) is 12.2 Å². The number of carbonyl (C=O) groups is 1. The number of para-hydroxylation sites is 1. The third-order valence-corrected chi connectivity index (χ3v) is 2.41. The molecule has 0 unspecified atom stereocenters. The maximum absolute atomic E-state index is 12.1. The molecule has 0 atom stereocenters. The van der Waals surface area contributed by atoms with Crippen LogP contribution in [0.5, 0.6) is 0 Å². The number of nitrogens with zero attached hydrogens (tertiary/aromatic N) is 1. The van der Waals surface area contributed by atoms with Gasteiger partial charge in [0.15, 0.2) is 5.82 Å². The number of nitrogens with one attached hydrogen (secondary N) is 2. The van der Waals surface area contributed by atoms with Crippen LogP contribution in [0, 0.1) is 6.92 Å². The van der Waals surface area contributed by atoms with E-state index >= 15 is 0 Å². The van der Waals surface area contributed by atoms with Crippen molar-refractivity contribution < 1.29 is 9.32 Å². The van der Waals surface area contributed by atoms with Crippen molar-refractivity contribution in [3.05, 3.63) is 41.7 Å². The fourth-order valence-corrected chi connectivity index (χ4v) is 1.63. The Labute approximate surface area is 105 Å². The second-order valence-corrected chi connectivity index (χ2v) is 3.85. The summed E-state index contributed by atoms with van der Waals surface area (Å²) in [5, 5.41) is 9.57. The van der Waals surface area contributed by atoms with Gasteiger partial charge in [-0.05, 0) is 26.0 Å². The van der Waals surface area contributed by atoms with Gasteiger partial charge in [0.2, 0.25) is 0 Å². The van der Waals surface area contributed by atoms with Crippen molar-refractivity contribution in [2.75, 3.05) is 17.2 Å². The summed E-state index contributed by atoms with van der Waals surface area (Å²) in [7, 11) is 0. The van der Waals surface area contributed by atoms with Crippen LogP contribution >= 0.6 is 0 Å². The van der Waals surface area contributed by atoms with Crippen molar-refractivity contribution in [1.82, 2.24) is 5.16 Å². The van der Waals surface area contributed by atoms with Crippen molar-refractivity contribution in [3.8, 4) is 0 Å². The summed E-state index contributed by atoms with van der Waals surface area (Å²) in [5.41, 5.74) is 1.39. The number of hydrogen-bond donors (Lipinski definition) is 2. The summed E-state index contributed by atoms with van der Waals surface area (Å²) in [6.07, 6.45) is 0. The van der Waals surface area contributed by atoms with Crippen molar-refractivity contribution in [3.63, 3.8) is 0 Å². The Hall–Kier alpha value is -2.30. The molecule has 2 N–H and O–H groups in total. The summed E-state index contributed by atoms with van der Waals surface area (Å²) >= 11 is 0. The van der Waals surface area contributed by atoms with Crippen LogP contribution in [0.4, 0.5) is 11.5 Å². The van der Waals surface area contributed by atoms with E-state index in [9.17, 15) is 4.79 Å². The van der Waals surface area contributed by atoms with Crippen LogP contribution in [-0.4, -0.2) is 17.6 Å². The SMILES string of the molecule is CCNc1ccccc1C(=O)Nc1cc(C)on1. The molecule has 0 aliphatic heterocycles. The lowest BCUT2D eigenvalue weighted by atomic mass is 10.1. The van der Waals surface area contributed by atoms with Gasteiger partial charge in [0.25, 0.3) is 5.91 Å². The largest absolute Gasteiger partial charge is 0.385 e. The molecule has 0 fully saturated rings. The minimum atomic E-state index is -0.208. The highest BCUT2D eigenvalue weighted by molar-refractivity contribution is 6.07. The molecule has 0 aliphatic rings. The highest BCUT2D eigenvalue weighted by atomic mass is 16.5. The van der Waals surface area contributed by atoms with Gasteiger partial charge in [0.05, 0.1) is 5.56 Å². The molecule has 94 valence electrons. The lowest BCUT2D eigenvalue weighted by molar-refractivity contribution is 0.102. The summed E-state index contributed by atoms with van der Waals surface area (Å²) in [6, 6.07) is 9.01. The Morgan fingerprint density at radius 3 is 2.83 bits per heavy atom. The molecule has 0 saturated heterocycles. The molecule has 2 rings (SSSR count). The summed E-state index contributed by atoms with van der Waals surface area (Å²) in [4.78, 5) is 12.1. The van der Waals surface area contributed by atoms with Gasteiger partial charge in [-0.1, -0.05) is 17.3 Å². The zero-order valence-electron chi connectivity index (χ0n) is 10.4. The number of hydrogen-bond acceptors (Lipinski definition) is 4. The molecule has 5 nitrogen and oxygen atoms in total. The van der Waals surface area contributed by atoms with E-state index in [-0.39, 0.29) is 5.91 Å². The maximum atomic E-state index is 12.1. The van der Waals surface area contributed by atoms with Gasteiger partial charge in [0, 0.05) is 18.3 Å². The summed E-state index contributed by atoms with van der Waals surface area (Å²) in [6.45, 7) is 4.51. The van der Waals surface area contributed by atoms with Crippen LogP contribution in [0.15, 0.2) is 34.9 Å². The molecule has 1 heterocycles. The minimum absolute atomic E-state index is 0.208. The summed E-state index contributed by atoms with van der Waals surface area (Å²) in [5.74, 6) is 0.869. The van der Waals surface area contributed by atoms with E-state index in [1.165, 1.54) is 0 Å². The van der Waals surface area contributed by atoms with Gasteiger partial charge in [0.1, 0.15) is 5.76 Å². The first-order chi connectivity index (χ1) is 8.70. The molecular weight excluding hydrogens is 230 g/mol. The molecule has 18 heavy (non-hydrogen) atoms. The first kappa shape index (κ1) is 12.2. The molecule has 0 saturated carbocycles. The highest BCUT2D eigenvalue weighted by Crippen LogP contribution is 2.17. The highest BCUT2D eigenvalue weighted by Gasteiger charge is 2.12. The Bertz CT molecular complexity index is 549. The zero-order valence-corrected chi connectivity index (χ0v) is 10.4. The molecule has 5 heteroatoms. The van der Waals surface area contributed by atoms with E-state index in [4.69, 9.17) is 4.52 Å². The lowest BCUT2D eigenvalue weighted by Gasteiger charge is -2.09. The van der Waals surface area contributed by atoms with Crippen LogP contribution in [-0.2, 0) is 0 Å². The third-order valence-electron chi connectivity index (χ3n) is 2.41. The topological polar surface area (TPSA) is 67.2 Å². The molecule has 0 aliphatic carbocycles. The van der Waals surface area contributed by atoms with Crippen LogP contribution in [0.3, 0.4) is 0 Å². The van der Waals surface area contributed by atoms with Crippen molar-refractivity contribution >= 4 is 17.4 Å². The monoisotopic (exact) mass is 245 g/mol. The molecule has 0 radical (unpaired) electrons. The molecular formula is C13H15N3O2. The number of amides is 1. The second kappa shape index (κ2) is 5.35. The zero-order chi connectivity index (χ0) is 13.0. The average molecular weight is 245 g/mol. The molecule has 2 aromatic rings. The first-order valence-electron chi connectivity index (χ1n) is 5.78. The molecule has 1 aromatic heterocycles. The van der Waals surface area contributed by atoms with Crippen molar-refractivity contribution in [2.45, 2.75) is 13.8 Å². The van der Waals surface area contributed by atoms with E-state index in [1.54, 1.807) is 19.1 Å². The number of benzene rings is 1. The predicted molar refractivity (Wildman–Crippen MR) is 69.8 cm³/mol. The second-order valence-electron chi connectivity index (χ2n) is 3.85. The van der Waals surface area contributed by atoms with Crippen molar-refractivity contribution in [1.29, 1.82) is 0 Å². The van der Waals surface area contributed by atoms with Crippen LogP contribution < -0.4 is 10.6 Å². The standard InChI is InChI=1S/C13H15N3O2/c1-3-14-11-7-5-4-6-10(11)13(17)15-12-8-9(2)18-16-12/h4-8,14H,3H2,1-2H3,(H,15,16,17). The number of anilines is 2. The Kier molecular flexibility index (Phi) is 3.62. The number of rotatable bonds is 4. The van der Waals surface area contributed by atoms with Gasteiger partial charge in [-0.15, -0.1) is 0 Å². The van der Waals surface area contributed by atoms with E-state index < -0.39 is 0 Å². The van der Waals surface area contributed by atoms with E-state index in [1.807, 2.05) is 25.1 Å². The van der Waals surface area contributed by atoms with Gasteiger partial charge in [-0.2, -0.15) is 0 Å². The first-order valence-corrected chi connectivity index (χ1v) is 5.78. The summed E-state index contributed by atoms with van der Waals surface area (Å²) < 4.78 is 4.90. The Balaban J connectivity index is 2.18. The maximum Gasteiger partial charge on any atom is 0.259 e. The quantitative estimate of drug-likeness (QED) is 0.869. The van der Waals surface area contributed by atoms with Gasteiger partial charge >= 0.3 is 0 Å². The average Bonchev–Trinajstić information content (AvgIpc) is 2.76. The molecule has 1 aromatic carbocycles. The van der Waals surface area contributed by atoms with Crippen molar-refractivity contribution in [2.24, 2.45) is 0 Å². The Morgan fingerprint density at radius 1 is 1.39 bits per heavy atom. The fourth-order valence-electron chi connectivity index (χ4n) is 1.63. The van der Waals surface area contributed by atoms with Crippen LogP contribution in [0.2, 0.25) is 0 Å². The lowest BCUT2D eigenvalue weighted by Crippen LogP contribution is -2.14. The molecule has 1 amide bonds. The minimum Gasteiger partial charge on any atom is -0.385 e. The van der Waals surface area contributed by atoms with E-state index in [0.29, 0.717) is 17.1 Å². The van der Waals surface area contributed by atoms with E-state index in [2.05, 4.69) is 15.8 Å². The molecule has 0 bridgehead atoms. The van der Waals surface area contributed by atoms with Gasteiger partial charge in [-0.25, -0.2) is 0 Å². The Morgan fingerprint density at radius 2 is 2.17 bits per heavy atom. The van der Waals surface area contributed by atoms with Crippen LogP contribution in [0.1, 0.15) is 23.0 Å². The number of aromatic nitrogens is 1. The normalized spacial score (nSPS) is 10.1. The van der Waals surface area contributed by atoms with Gasteiger partial charge < -0.3 is 15.2 Å². The molecule has 0 spiro atoms. The fraction of sp³-hybridized carbons (Fsp3) is 0.231.